The molecule has 3 rings (SSSR count). The molecule has 0 unspecified atom stereocenters. The normalized spacial score (nSPS) is 12.0. The number of nitrogens with two attached hydrogens (primary N) is 1. The molecule has 0 aliphatic heterocycles. The lowest BCUT2D eigenvalue weighted by Crippen LogP contribution is -2.11. The highest BCUT2D eigenvalue weighted by atomic mass is 79.9. The predicted molar refractivity (Wildman–Crippen MR) is 84.0 cm³/mol. The number of fused-ring (bicyclic) bond motifs is 1. The zero-order valence-electron chi connectivity index (χ0n) is 11.6. The van der Waals surface area contributed by atoms with Crippen molar-refractivity contribution in [2.75, 3.05) is 12.0 Å². The van der Waals surface area contributed by atoms with E-state index >= 15 is 0 Å². The van der Waals surface area contributed by atoms with E-state index in [1.54, 1.807) is 0 Å². The van der Waals surface area contributed by atoms with E-state index in [4.69, 9.17) is 5.73 Å². The van der Waals surface area contributed by atoms with Gasteiger partial charge < -0.3 is 5.73 Å². The summed E-state index contributed by atoms with van der Waals surface area (Å²) < 4.78 is 25.2. The SMILES string of the molecule is Cc1cccc(Br)c1-c1nc2nc(S(C)(=O)=O)nc(N)n2n1. The van der Waals surface area contributed by atoms with Crippen LogP contribution in [0.1, 0.15) is 5.56 Å². The standard InChI is InChI=1S/C12H11BrN6O2S/c1-6-4-3-5-7(13)8(6)9-15-11-17-12(22(2,20)21)16-10(14)19(11)18-9/h3-5H,1-2H3,(H2,14,15,16,17,18). The van der Waals surface area contributed by atoms with Crippen LogP contribution in [0.3, 0.4) is 0 Å². The predicted octanol–water partition coefficient (Wildman–Crippen LogP) is 1.24. The van der Waals surface area contributed by atoms with Crippen LogP contribution >= 0.6 is 15.9 Å². The van der Waals surface area contributed by atoms with E-state index in [9.17, 15) is 8.42 Å². The lowest BCUT2D eigenvalue weighted by molar-refractivity contribution is 0.592. The fourth-order valence-corrected chi connectivity index (χ4v) is 3.12. The maximum absolute atomic E-state index is 11.6. The number of hydrogen-bond donors (Lipinski definition) is 1. The van der Waals surface area contributed by atoms with Crippen LogP contribution in [0, 0.1) is 6.92 Å². The molecule has 0 atom stereocenters. The summed E-state index contributed by atoms with van der Waals surface area (Å²) in [6.45, 7) is 1.92. The lowest BCUT2D eigenvalue weighted by Gasteiger charge is -2.03. The number of halogens is 1. The smallest absolute Gasteiger partial charge is 0.258 e. The Morgan fingerprint density at radius 1 is 1.23 bits per heavy atom. The summed E-state index contributed by atoms with van der Waals surface area (Å²) >= 11 is 3.45. The average Bonchev–Trinajstić information content (AvgIpc) is 2.81. The van der Waals surface area contributed by atoms with Gasteiger partial charge in [-0.15, -0.1) is 5.10 Å². The van der Waals surface area contributed by atoms with Gasteiger partial charge in [-0.25, -0.2) is 8.42 Å². The molecule has 0 aliphatic rings. The Balaban J connectivity index is 2.29. The Morgan fingerprint density at radius 2 is 1.95 bits per heavy atom. The Labute approximate surface area is 134 Å². The lowest BCUT2D eigenvalue weighted by atomic mass is 10.1. The third kappa shape index (κ3) is 2.44. The van der Waals surface area contributed by atoms with Crippen molar-refractivity contribution >= 4 is 37.5 Å². The molecule has 0 saturated carbocycles. The Kier molecular flexibility index (Phi) is 3.37. The zero-order valence-corrected chi connectivity index (χ0v) is 14.1. The molecule has 0 bridgehead atoms. The molecule has 2 aromatic heterocycles. The molecule has 114 valence electrons. The molecule has 10 heteroatoms. The first-order valence-corrected chi connectivity index (χ1v) is 8.81. The number of rotatable bonds is 2. The molecule has 0 aliphatic carbocycles. The van der Waals surface area contributed by atoms with Crippen LogP contribution in [0.2, 0.25) is 0 Å². The van der Waals surface area contributed by atoms with Gasteiger partial charge in [0.2, 0.25) is 15.8 Å². The van der Waals surface area contributed by atoms with E-state index in [0.717, 1.165) is 21.9 Å². The molecule has 22 heavy (non-hydrogen) atoms. The third-order valence-electron chi connectivity index (χ3n) is 2.99. The molecule has 2 heterocycles. The minimum atomic E-state index is -3.58. The van der Waals surface area contributed by atoms with Gasteiger partial charge in [-0.05, 0) is 18.6 Å². The van der Waals surface area contributed by atoms with E-state index in [2.05, 4.69) is 36.0 Å². The van der Waals surface area contributed by atoms with Crippen molar-refractivity contribution in [2.24, 2.45) is 0 Å². The van der Waals surface area contributed by atoms with Crippen LogP contribution < -0.4 is 5.73 Å². The number of nitrogens with zero attached hydrogens (tertiary/aromatic N) is 5. The zero-order chi connectivity index (χ0) is 16.1. The molecule has 0 saturated heterocycles. The summed E-state index contributed by atoms with van der Waals surface area (Å²) in [5.41, 5.74) is 7.50. The number of aryl methyl sites for hydroxylation is 1. The van der Waals surface area contributed by atoms with Gasteiger partial charge in [0.15, 0.2) is 5.82 Å². The molecule has 0 spiro atoms. The highest BCUT2D eigenvalue weighted by Crippen LogP contribution is 2.29. The maximum Gasteiger partial charge on any atom is 0.258 e. The van der Waals surface area contributed by atoms with Crippen LogP contribution in [0.15, 0.2) is 27.8 Å². The number of aromatic nitrogens is 5. The van der Waals surface area contributed by atoms with Gasteiger partial charge in [0, 0.05) is 16.3 Å². The van der Waals surface area contributed by atoms with Crippen molar-refractivity contribution in [1.29, 1.82) is 0 Å². The van der Waals surface area contributed by atoms with Crippen molar-refractivity contribution in [3.05, 3.63) is 28.2 Å². The topological polar surface area (TPSA) is 116 Å². The van der Waals surface area contributed by atoms with Gasteiger partial charge in [-0.2, -0.15) is 19.5 Å². The fraction of sp³-hybridized carbons (Fsp3) is 0.167. The largest absolute Gasteiger partial charge is 0.368 e. The quantitative estimate of drug-likeness (QED) is 0.708. The molecule has 2 N–H and O–H groups in total. The highest BCUT2D eigenvalue weighted by Gasteiger charge is 2.19. The molecule has 0 radical (unpaired) electrons. The third-order valence-corrected chi connectivity index (χ3v) is 4.50. The summed E-state index contributed by atoms with van der Waals surface area (Å²) in [5, 5.41) is 3.88. The van der Waals surface area contributed by atoms with Crippen LogP contribution in [0.25, 0.3) is 17.2 Å². The molecule has 1 aromatic carbocycles. The van der Waals surface area contributed by atoms with Crippen LogP contribution in [-0.4, -0.2) is 39.2 Å². The summed E-state index contributed by atoms with van der Waals surface area (Å²) in [6.07, 6.45) is 1.01. The second kappa shape index (κ2) is 4.99. The first-order valence-electron chi connectivity index (χ1n) is 6.13. The van der Waals surface area contributed by atoms with E-state index in [-0.39, 0.29) is 16.9 Å². The molecular weight excluding hydrogens is 372 g/mol. The van der Waals surface area contributed by atoms with Gasteiger partial charge in [-0.3, -0.25) is 0 Å². The summed E-state index contributed by atoms with van der Waals surface area (Å²) in [5.74, 6) is 0.378. The Hall–Kier alpha value is -2.07. The van der Waals surface area contributed by atoms with Crippen LogP contribution in [0.4, 0.5) is 5.95 Å². The molecular formula is C12H11BrN6O2S. The number of sulfone groups is 1. The summed E-state index contributed by atoms with van der Waals surface area (Å²) in [6, 6.07) is 5.68. The summed E-state index contributed by atoms with van der Waals surface area (Å²) in [4.78, 5) is 11.9. The monoisotopic (exact) mass is 382 g/mol. The number of benzene rings is 1. The highest BCUT2D eigenvalue weighted by molar-refractivity contribution is 9.10. The van der Waals surface area contributed by atoms with Gasteiger partial charge in [-0.1, -0.05) is 28.1 Å². The van der Waals surface area contributed by atoms with E-state index in [1.807, 2.05) is 25.1 Å². The molecule has 0 fully saturated rings. The first kappa shape index (κ1) is 14.9. The Morgan fingerprint density at radius 3 is 2.59 bits per heavy atom. The van der Waals surface area contributed by atoms with E-state index < -0.39 is 9.84 Å². The van der Waals surface area contributed by atoms with Crippen LogP contribution in [-0.2, 0) is 9.84 Å². The second-order valence-corrected chi connectivity index (χ2v) is 7.48. The second-order valence-electron chi connectivity index (χ2n) is 4.72. The minimum absolute atomic E-state index is 0.0816. The van der Waals surface area contributed by atoms with Crippen molar-refractivity contribution in [3.63, 3.8) is 0 Å². The molecule has 8 nitrogen and oxygen atoms in total. The van der Waals surface area contributed by atoms with Crippen molar-refractivity contribution < 1.29 is 8.42 Å². The van der Waals surface area contributed by atoms with Crippen LogP contribution in [0.5, 0.6) is 0 Å². The number of hydrogen-bond acceptors (Lipinski definition) is 7. The minimum Gasteiger partial charge on any atom is -0.368 e. The first-order chi connectivity index (χ1) is 10.3. The van der Waals surface area contributed by atoms with Crippen molar-refractivity contribution in [3.8, 4) is 11.4 Å². The average molecular weight is 383 g/mol. The fourth-order valence-electron chi connectivity index (χ4n) is 1.97. The van der Waals surface area contributed by atoms with Crippen molar-refractivity contribution in [2.45, 2.75) is 12.1 Å². The van der Waals surface area contributed by atoms with Crippen molar-refractivity contribution in [1.82, 2.24) is 24.6 Å². The van der Waals surface area contributed by atoms with Gasteiger partial charge >= 0.3 is 0 Å². The number of nitrogen functional groups attached to an aromatic ring is 1. The van der Waals surface area contributed by atoms with E-state index in [1.165, 1.54) is 4.52 Å². The molecule has 3 aromatic rings. The van der Waals surface area contributed by atoms with Gasteiger partial charge in [0.25, 0.3) is 10.9 Å². The maximum atomic E-state index is 11.6. The molecule has 0 amide bonds. The van der Waals surface area contributed by atoms with Gasteiger partial charge in [0.05, 0.1) is 0 Å². The Bertz CT molecular complexity index is 978. The summed E-state index contributed by atoms with van der Waals surface area (Å²) in [7, 11) is -3.58. The van der Waals surface area contributed by atoms with E-state index in [0.29, 0.717) is 5.82 Å². The number of anilines is 1. The van der Waals surface area contributed by atoms with Gasteiger partial charge in [0.1, 0.15) is 0 Å².